The Kier molecular flexibility index (Phi) is 8.79. The molecular formula is C28H40N2O3. The second kappa shape index (κ2) is 11.6. The van der Waals surface area contributed by atoms with E-state index in [-0.39, 0.29) is 17.7 Å². The molecule has 2 unspecified atom stereocenters. The smallest absolute Gasteiger partial charge is 0.220 e. The van der Waals surface area contributed by atoms with Crippen LogP contribution in [0.1, 0.15) is 64.0 Å². The Hall–Kier alpha value is -2.53. The van der Waals surface area contributed by atoms with E-state index < -0.39 is 0 Å². The lowest BCUT2D eigenvalue weighted by atomic mass is 9.76. The van der Waals surface area contributed by atoms with Gasteiger partial charge in [-0.1, -0.05) is 51.5 Å². The summed E-state index contributed by atoms with van der Waals surface area (Å²) in [6.07, 6.45) is 3.22. The number of likely N-dealkylation sites (tertiary alicyclic amines) is 1. The molecule has 0 aromatic heterocycles. The molecule has 33 heavy (non-hydrogen) atoms. The number of rotatable bonds is 9. The van der Waals surface area contributed by atoms with Crippen LogP contribution in [0.4, 0.5) is 0 Å². The molecule has 1 saturated heterocycles. The van der Waals surface area contributed by atoms with Crippen molar-refractivity contribution in [3.63, 3.8) is 0 Å². The highest BCUT2D eigenvalue weighted by molar-refractivity contribution is 5.76. The van der Waals surface area contributed by atoms with Gasteiger partial charge in [-0.15, -0.1) is 0 Å². The highest BCUT2D eigenvalue weighted by Gasteiger charge is 2.36. The zero-order chi connectivity index (χ0) is 24.0. The van der Waals surface area contributed by atoms with Gasteiger partial charge in [-0.2, -0.15) is 0 Å². The maximum Gasteiger partial charge on any atom is 0.220 e. The van der Waals surface area contributed by atoms with Crippen LogP contribution in [0, 0.1) is 11.8 Å². The Morgan fingerprint density at radius 3 is 2.52 bits per heavy atom. The summed E-state index contributed by atoms with van der Waals surface area (Å²) in [5, 5.41) is 22.8. The minimum absolute atomic E-state index is 0.0796. The third kappa shape index (κ3) is 6.73. The fraction of sp³-hybridized carbons (Fsp3) is 0.536. The van der Waals surface area contributed by atoms with Crippen LogP contribution in [0.3, 0.4) is 0 Å². The van der Waals surface area contributed by atoms with E-state index in [4.69, 9.17) is 0 Å². The van der Waals surface area contributed by atoms with Crippen molar-refractivity contribution in [1.82, 2.24) is 10.2 Å². The van der Waals surface area contributed by atoms with Gasteiger partial charge in [0.25, 0.3) is 0 Å². The third-order valence-electron chi connectivity index (χ3n) is 7.52. The third-order valence-corrected chi connectivity index (χ3v) is 7.52. The molecular weight excluding hydrogens is 412 g/mol. The highest BCUT2D eigenvalue weighted by atomic mass is 16.3. The number of carbonyl (C=O) groups excluding carboxylic acids is 1. The van der Waals surface area contributed by atoms with Gasteiger partial charge < -0.3 is 15.5 Å². The van der Waals surface area contributed by atoms with Crippen LogP contribution in [-0.2, 0) is 11.2 Å². The fourth-order valence-corrected chi connectivity index (χ4v) is 5.16. The predicted octanol–water partition coefficient (Wildman–Crippen LogP) is 5.08. The fourth-order valence-electron chi connectivity index (χ4n) is 5.16. The number of phenolic OH excluding ortho intramolecular Hbond substituents is 2. The van der Waals surface area contributed by atoms with E-state index in [2.05, 4.69) is 44.0 Å². The monoisotopic (exact) mass is 452 g/mol. The van der Waals surface area contributed by atoms with Crippen molar-refractivity contribution in [2.24, 2.45) is 11.8 Å². The second-order valence-corrected chi connectivity index (χ2v) is 9.85. The van der Waals surface area contributed by atoms with Crippen molar-refractivity contribution in [3.8, 4) is 11.5 Å². The van der Waals surface area contributed by atoms with E-state index >= 15 is 0 Å². The van der Waals surface area contributed by atoms with Gasteiger partial charge in [0, 0.05) is 31.0 Å². The van der Waals surface area contributed by atoms with Gasteiger partial charge in [0.15, 0.2) is 0 Å². The Morgan fingerprint density at radius 2 is 1.85 bits per heavy atom. The molecule has 0 saturated carbocycles. The molecule has 2 aromatic carbocycles. The first-order valence-corrected chi connectivity index (χ1v) is 12.4. The van der Waals surface area contributed by atoms with Crippen molar-refractivity contribution in [2.75, 3.05) is 13.1 Å². The highest BCUT2D eigenvalue weighted by Crippen LogP contribution is 2.38. The number of phenols is 2. The van der Waals surface area contributed by atoms with Gasteiger partial charge in [0.1, 0.15) is 11.5 Å². The Bertz CT molecular complexity index is 898. The topological polar surface area (TPSA) is 72.8 Å². The normalized spacial score (nSPS) is 23.1. The van der Waals surface area contributed by atoms with Gasteiger partial charge in [-0.25, -0.2) is 0 Å². The van der Waals surface area contributed by atoms with Gasteiger partial charge in [0.05, 0.1) is 0 Å². The van der Waals surface area contributed by atoms with Crippen molar-refractivity contribution in [2.45, 2.75) is 71.4 Å². The molecule has 0 bridgehead atoms. The summed E-state index contributed by atoms with van der Waals surface area (Å²) in [6.45, 7) is 10.8. The zero-order valence-electron chi connectivity index (χ0n) is 20.5. The molecule has 180 valence electrons. The van der Waals surface area contributed by atoms with Crippen LogP contribution in [0.15, 0.2) is 48.5 Å². The summed E-state index contributed by atoms with van der Waals surface area (Å²) in [5.74, 6) is 1.93. The predicted molar refractivity (Wildman–Crippen MR) is 133 cm³/mol. The van der Waals surface area contributed by atoms with Crippen molar-refractivity contribution in [1.29, 1.82) is 0 Å². The average Bonchev–Trinajstić information content (AvgIpc) is 2.79. The first-order valence-electron chi connectivity index (χ1n) is 12.4. The summed E-state index contributed by atoms with van der Waals surface area (Å²) < 4.78 is 0. The van der Waals surface area contributed by atoms with E-state index in [1.807, 2.05) is 24.3 Å². The number of benzene rings is 2. The molecule has 1 heterocycles. The van der Waals surface area contributed by atoms with Crippen LogP contribution in [0.25, 0.3) is 0 Å². The van der Waals surface area contributed by atoms with Gasteiger partial charge in [-0.3, -0.25) is 9.69 Å². The lowest BCUT2D eigenvalue weighted by molar-refractivity contribution is -0.122. The lowest BCUT2D eigenvalue weighted by Crippen LogP contribution is -2.53. The van der Waals surface area contributed by atoms with Gasteiger partial charge >= 0.3 is 0 Å². The molecule has 3 rings (SSSR count). The minimum Gasteiger partial charge on any atom is -0.508 e. The molecule has 0 spiro atoms. The number of nitrogens with zero attached hydrogens (tertiary/aromatic N) is 1. The molecule has 1 fully saturated rings. The zero-order valence-corrected chi connectivity index (χ0v) is 20.5. The molecule has 0 radical (unpaired) electrons. The average molecular weight is 453 g/mol. The number of aromatic hydroxyl groups is 2. The largest absolute Gasteiger partial charge is 0.508 e. The first-order chi connectivity index (χ1) is 15.8. The Morgan fingerprint density at radius 1 is 1.12 bits per heavy atom. The van der Waals surface area contributed by atoms with E-state index in [0.29, 0.717) is 42.4 Å². The number of carbonyl (C=O) groups is 1. The summed E-state index contributed by atoms with van der Waals surface area (Å²) in [5.41, 5.74) is 2.24. The molecule has 2 aromatic rings. The van der Waals surface area contributed by atoms with Crippen molar-refractivity contribution < 1.29 is 15.0 Å². The quantitative estimate of drug-likeness (QED) is 0.496. The van der Waals surface area contributed by atoms with E-state index in [1.165, 1.54) is 5.56 Å². The van der Waals surface area contributed by atoms with Crippen LogP contribution in [0.5, 0.6) is 11.5 Å². The number of aryl methyl sites for hydroxylation is 1. The SMILES string of the molecule is CCC(C)[C@@H](CN1CC[C@@H](C)[C@H](c2cccc(O)c2)C1C)NC(=O)CCc1ccc(O)cc1. The molecule has 1 amide bonds. The van der Waals surface area contributed by atoms with Crippen LogP contribution >= 0.6 is 0 Å². The maximum atomic E-state index is 12.8. The second-order valence-electron chi connectivity index (χ2n) is 9.85. The number of nitrogens with one attached hydrogen (secondary N) is 1. The summed E-state index contributed by atoms with van der Waals surface area (Å²) in [4.78, 5) is 15.3. The van der Waals surface area contributed by atoms with Crippen LogP contribution in [-0.4, -0.2) is 46.2 Å². The summed E-state index contributed by atoms with van der Waals surface area (Å²) in [6, 6.07) is 15.2. The van der Waals surface area contributed by atoms with E-state index in [0.717, 1.165) is 31.5 Å². The number of amides is 1. The van der Waals surface area contributed by atoms with Crippen molar-refractivity contribution >= 4 is 5.91 Å². The molecule has 1 aliphatic rings. The summed E-state index contributed by atoms with van der Waals surface area (Å²) >= 11 is 0. The van der Waals surface area contributed by atoms with E-state index in [1.54, 1.807) is 18.2 Å². The molecule has 5 atom stereocenters. The summed E-state index contributed by atoms with van der Waals surface area (Å²) in [7, 11) is 0. The van der Waals surface area contributed by atoms with Gasteiger partial charge in [-0.05, 0) is 73.5 Å². The van der Waals surface area contributed by atoms with Crippen molar-refractivity contribution in [3.05, 3.63) is 59.7 Å². The number of hydrogen-bond donors (Lipinski definition) is 3. The van der Waals surface area contributed by atoms with Gasteiger partial charge in [0.2, 0.25) is 5.91 Å². The van der Waals surface area contributed by atoms with Crippen LogP contribution in [0.2, 0.25) is 0 Å². The Balaban J connectivity index is 1.64. The minimum atomic E-state index is 0.0796. The number of hydrogen-bond acceptors (Lipinski definition) is 4. The van der Waals surface area contributed by atoms with E-state index in [9.17, 15) is 15.0 Å². The molecule has 0 aliphatic carbocycles. The molecule has 5 nitrogen and oxygen atoms in total. The molecule has 3 N–H and O–H groups in total. The first kappa shape index (κ1) is 25.1. The Labute approximate surface area is 198 Å². The standard InChI is InChI=1S/C28H40N2O3/c1-5-19(2)26(29-27(33)14-11-22-9-12-24(31)13-10-22)18-30-16-15-20(3)28(21(30)4)23-7-6-8-25(32)17-23/h6-10,12-13,17,19-21,26,28,31-32H,5,11,14-16,18H2,1-4H3,(H,29,33)/t19?,20-,21?,26-,28+/m1/s1. The van der Waals surface area contributed by atoms with Crippen LogP contribution < -0.4 is 5.32 Å². The maximum absolute atomic E-state index is 12.8. The molecule has 5 heteroatoms. The number of piperidine rings is 1. The lowest BCUT2D eigenvalue weighted by Gasteiger charge is -2.45. The molecule has 1 aliphatic heterocycles.